The number of halogens is 3. The van der Waals surface area contributed by atoms with E-state index in [1.807, 2.05) is 0 Å². The molecule has 1 amide bonds. The van der Waals surface area contributed by atoms with E-state index in [9.17, 15) is 18.7 Å². The molecule has 0 spiro atoms. The molecule has 204 valence electrons. The highest BCUT2D eigenvalue weighted by Gasteiger charge is 2.34. The highest BCUT2D eigenvalue weighted by Crippen LogP contribution is 2.40. The molecule has 11 heteroatoms. The zero-order valence-corrected chi connectivity index (χ0v) is 22.3. The minimum atomic E-state index is -3.06. The number of aryl methyl sites for hydroxylation is 1. The Hall–Kier alpha value is -2.46. The van der Waals surface area contributed by atoms with Crippen LogP contribution in [0.1, 0.15) is 76.2 Å². The van der Waals surface area contributed by atoms with Crippen molar-refractivity contribution in [2.75, 3.05) is 11.9 Å². The average Bonchev–Trinajstić information content (AvgIpc) is 3.66. The normalized spacial score (nSPS) is 22.6. The number of carbonyl (C=O) groups excluding carboxylic acids is 1. The number of aliphatic hydroxyl groups is 1. The average molecular weight is 540 g/mol. The van der Waals surface area contributed by atoms with E-state index in [-0.39, 0.29) is 40.3 Å². The minimum absolute atomic E-state index is 0.00893. The number of pyridine rings is 1. The maximum absolute atomic E-state index is 13.4. The molecule has 0 bridgehead atoms. The van der Waals surface area contributed by atoms with Gasteiger partial charge in [-0.1, -0.05) is 25.4 Å². The Morgan fingerprint density at radius 2 is 2.00 bits per heavy atom. The first-order chi connectivity index (χ1) is 17.6. The topological polar surface area (TPSA) is 101 Å². The molecule has 8 nitrogen and oxygen atoms in total. The third-order valence-electron chi connectivity index (χ3n) is 7.49. The lowest BCUT2D eigenvalue weighted by molar-refractivity contribution is -0.0494. The molecular formula is C26H36ClF2N5O3. The number of amides is 1. The highest BCUT2D eigenvalue weighted by atomic mass is 35.5. The smallest absolute Gasteiger partial charge is 0.387 e. The molecular weight excluding hydrogens is 504 g/mol. The molecule has 2 aliphatic carbocycles. The van der Waals surface area contributed by atoms with Gasteiger partial charge in [0.25, 0.3) is 5.91 Å². The highest BCUT2D eigenvalue weighted by molar-refractivity contribution is 6.36. The van der Waals surface area contributed by atoms with Crippen molar-refractivity contribution in [2.24, 2.45) is 11.8 Å². The number of aromatic nitrogens is 3. The molecule has 0 aliphatic heterocycles. The van der Waals surface area contributed by atoms with Gasteiger partial charge in [0, 0.05) is 31.4 Å². The summed E-state index contributed by atoms with van der Waals surface area (Å²) in [5.74, 6) is 0.896. The fraction of sp³-hybridized carbons (Fsp3) is 0.654. The van der Waals surface area contributed by atoms with Gasteiger partial charge < -0.3 is 20.5 Å². The number of hydrogen-bond acceptors (Lipinski definition) is 6. The first kappa shape index (κ1) is 27.6. The van der Waals surface area contributed by atoms with E-state index in [2.05, 4.69) is 34.6 Å². The summed E-state index contributed by atoms with van der Waals surface area (Å²) in [6.45, 7) is 3.38. The van der Waals surface area contributed by atoms with Gasteiger partial charge in [0.1, 0.15) is 11.6 Å². The lowest BCUT2D eigenvalue weighted by atomic mass is 9.79. The molecule has 3 N–H and O–H groups in total. The van der Waals surface area contributed by atoms with E-state index in [1.165, 1.54) is 16.9 Å². The third kappa shape index (κ3) is 6.52. The molecule has 0 saturated heterocycles. The zero-order valence-electron chi connectivity index (χ0n) is 21.6. The largest absolute Gasteiger partial charge is 0.434 e. The number of nitrogens with one attached hydrogen (secondary N) is 2. The minimum Gasteiger partial charge on any atom is -0.434 e. The van der Waals surface area contributed by atoms with Crippen LogP contribution in [0.4, 0.5) is 14.6 Å². The van der Waals surface area contributed by atoms with Crippen LogP contribution in [0.25, 0.3) is 11.3 Å². The van der Waals surface area contributed by atoms with E-state index < -0.39 is 18.1 Å². The number of rotatable bonds is 11. The molecule has 2 fully saturated rings. The van der Waals surface area contributed by atoms with Crippen LogP contribution in [0.15, 0.2) is 12.3 Å². The molecule has 2 aliphatic rings. The first-order valence-corrected chi connectivity index (χ1v) is 13.5. The maximum atomic E-state index is 13.4. The standard InChI is InChI=1S/C26H36ClF2N5O3/c1-4-18(16-6-7-16)32-20-12-19(37-25(28)29)17(13-30-20)23-21(27)22(33-34(23)5-2)24(35)31-14-26(36)10-8-15(3)9-11-26/h12-13,15-16,18,25,36H,4-11,14H2,1-3H3,(H,30,32)(H,31,35)/t15?,18-,26?/m0/s1. The van der Waals surface area contributed by atoms with Crippen LogP contribution in [0.3, 0.4) is 0 Å². The first-order valence-electron chi connectivity index (χ1n) is 13.1. The second kappa shape index (κ2) is 11.5. The van der Waals surface area contributed by atoms with Gasteiger partial charge in [0.05, 0.1) is 21.9 Å². The van der Waals surface area contributed by atoms with Crippen molar-refractivity contribution in [1.29, 1.82) is 0 Å². The molecule has 2 saturated carbocycles. The second-order valence-corrected chi connectivity index (χ2v) is 10.7. The number of ether oxygens (including phenoxy) is 1. The van der Waals surface area contributed by atoms with E-state index in [0.29, 0.717) is 37.0 Å². The molecule has 0 aromatic carbocycles. The summed E-state index contributed by atoms with van der Waals surface area (Å²) >= 11 is 6.62. The Morgan fingerprint density at radius 3 is 2.59 bits per heavy atom. The van der Waals surface area contributed by atoms with Crippen molar-refractivity contribution in [3.63, 3.8) is 0 Å². The predicted molar refractivity (Wildman–Crippen MR) is 138 cm³/mol. The summed E-state index contributed by atoms with van der Waals surface area (Å²) < 4.78 is 33.1. The fourth-order valence-electron chi connectivity index (χ4n) is 5.00. The van der Waals surface area contributed by atoms with E-state index in [1.54, 1.807) is 6.92 Å². The molecule has 0 radical (unpaired) electrons. The number of anilines is 1. The van der Waals surface area contributed by atoms with Crippen molar-refractivity contribution < 1.29 is 23.4 Å². The SMILES string of the molecule is CC[C@H](Nc1cc(OC(F)F)c(-c2c(Cl)c(C(=O)NCC3(O)CCC(C)CC3)nn2CC)cn1)C1CC1. The molecule has 1 atom stereocenters. The van der Waals surface area contributed by atoms with E-state index >= 15 is 0 Å². The van der Waals surface area contributed by atoms with Crippen LogP contribution in [-0.2, 0) is 6.54 Å². The van der Waals surface area contributed by atoms with Crippen LogP contribution in [0.2, 0.25) is 5.02 Å². The van der Waals surface area contributed by atoms with Crippen molar-refractivity contribution >= 4 is 23.3 Å². The van der Waals surface area contributed by atoms with Crippen molar-refractivity contribution in [1.82, 2.24) is 20.1 Å². The van der Waals surface area contributed by atoms with Crippen molar-refractivity contribution in [3.05, 3.63) is 23.0 Å². The Morgan fingerprint density at radius 1 is 1.30 bits per heavy atom. The molecule has 2 aromatic heterocycles. The van der Waals surface area contributed by atoms with Gasteiger partial charge >= 0.3 is 6.61 Å². The summed E-state index contributed by atoms with van der Waals surface area (Å²) in [6.07, 6.45) is 7.59. The van der Waals surface area contributed by atoms with Crippen LogP contribution in [-0.4, -0.2) is 50.6 Å². The second-order valence-electron chi connectivity index (χ2n) is 10.4. The molecule has 2 aromatic rings. The summed E-state index contributed by atoms with van der Waals surface area (Å²) in [4.78, 5) is 17.4. The molecule has 37 heavy (non-hydrogen) atoms. The Labute approximate surface area is 221 Å². The fourth-order valence-corrected chi connectivity index (χ4v) is 5.33. The monoisotopic (exact) mass is 539 g/mol. The van der Waals surface area contributed by atoms with Crippen molar-refractivity contribution in [2.45, 2.75) is 90.5 Å². The summed E-state index contributed by atoms with van der Waals surface area (Å²) in [5.41, 5.74) is -0.532. The van der Waals surface area contributed by atoms with Crippen LogP contribution < -0.4 is 15.4 Å². The van der Waals surface area contributed by atoms with Gasteiger partial charge in [-0.05, 0) is 63.7 Å². The Kier molecular flexibility index (Phi) is 8.58. The zero-order chi connectivity index (χ0) is 26.7. The summed E-state index contributed by atoms with van der Waals surface area (Å²) in [5, 5.41) is 21.3. The number of nitrogens with zero attached hydrogens (tertiary/aromatic N) is 3. The quantitative estimate of drug-likeness (QED) is 0.349. The van der Waals surface area contributed by atoms with Gasteiger partial charge in [-0.3, -0.25) is 9.48 Å². The maximum Gasteiger partial charge on any atom is 0.387 e. The summed E-state index contributed by atoms with van der Waals surface area (Å²) in [6, 6.07) is 1.65. The van der Waals surface area contributed by atoms with Crippen LogP contribution >= 0.6 is 11.6 Å². The lowest BCUT2D eigenvalue weighted by Gasteiger charge is -2.34. The van der Waals surface area contributed by atoms with Gasteiger partial charge in [-0.2, -0.15) is 13.9 Å². The van der Waals surface area contributed by atoms with E-state index in [0.717, 1.165) is 32.1 Å². The Balaban J connectivity index is 1.59. The predicted octanol–water partition coefficient (Wildman–Crippen LogP) is 5.49. The van der Waals surface area contributed by atoms with Crippen LogP contribution in [0.5, 0.6) is 5.75 Å². The molecule has 2 heterocycles. The van der Waals surface area contributed by atoms with Gasteiger partial charge in [-0.25, -0.2) is 4.98 Å². The molecule has 4 rings (SSSR count). The molecule has 0 unspecified atom stereocenters. The summed E-state index contributed by atoms with van der Waals surface area (Å²) in [7, 11) is 0. The van der Waals surface area contributed by atoms with Gasteiger partial charge in [0.2, 0.25) is 0 Å². The van der Waals surface area contributed by atoms with Crippen molar-refractivity contribution in [3.8, 4) is 17.0 Å². The van der Waals surface area contributed by atoms with Gasteiger partial charge in [0.15, 0.2) is 5.69 Å². The lowest BCUT2D eigenvalue weighted by Crippen LogP contribution is -2.45. The third-order valence-corrected chi connectivity index (χ3v) is 7.85. The number of hydrogen-bond donors (Lipinski definition) is 3. The Bertz CT molecular complexity index is 1100. The van der Waals surface area contributed by atoms with E-state index in [4.69, 9.17) is 16.3 Å². The van der Waals surface area contributed by atoms with Gasteiger partial charge in [-0.15, -0.1) is 0 Å². The van der Waals surface area contributed by atoms with Crippen LogP contribution in [0, 0.1) is 11.8 Å². The number of carbonyl (C=O) groups is 1. The number of alkyl halides is 2.